The topological polar surface area (TPSA) is 155 Å². The molecule has 0 spiro atoms. The lowest BCUT2D eigenvalue weighted by molar-refractivity contribution is 0.0905. The number of benzene rings is 2. The maximum absolute atomic E-state index is 13.5. The number of rotatable bonds is 4. The lowest BCUT2D eigenvalue weighted by Gasteiger charge is -2.21. The van der Waals surface area contributed by atoms with Crippen LogP contribution in [0.15, 0.2) is 36.4 Å². The van der Waals surface area contributed by atoms with E-state index >= 15 is 0 Å². The number of ether oxygens (including phenoxy) is 2. The van der Waals surface area contributed by atoms with Crippen molar-refractivity contribution in [2.75, 3.05) is 20.0 Å². The maximum Gasteiger partial charge on any atom is 0.250 e. The number of methoxy groups -OCH3 is 2. The minimum atomic E-state index is -0.864. The Balaban J connectivity index is 1.98. The highest BCUT2D eigenvalue weighted by atomic mass is 32.2. The molecule has 0 aliphatic carbocycles. The molecule has 1 aromatic heterocycles. The number of thioether (sulfide) groups is 1. The van der Waals surface area contributed by atoms with E-state index in [-0.39, 0.29) is 44.6 Å². The molecule has 34 heavy (non-hydrogen) atoms. The van der Waals surface area contributed by atoms with Crippen molar-refractivity contribution in [2.45, 2.75) is 5.25 Å². The van der Waals surface area contributed by atoms with Gasteiger partial charge in [0.1, 0.15) is 22.3 Å². The van der Waals surface area contributed by atoms with Gasteiger partial charge < -0.3 is 25.4 Å². The number of hydrogen-bond acceptors (Lipinski definition) is 9. The smallest absolute Gasteiger partial charge is 0.250 e. The second-order valence-electron chi connectivity index (χ2n) is 7.26. The number of phenols is 2. The van der Waals surface area contributed by atoms with Gasteiger partial charge in [0, 0.05) is 5.22 Å². The van der Waals surface area contributed by atoms with E-state index in [0.717, 1.165) is 16.3 Å². The Labute approximate surface area is 198 Å². The van der Waals surface area contributed by atoms with Gasteiger partial charge in [0.2, 0.25) is 5.91 Å². The minimum Gasteiger partial charge on any atom is -0.504 e. The van der Waals surface area contributed by atoms with Crippen molar-refractivity contribution in [3.8, 4) is 35.1 Å². The Hall–Kier alpha value is -4.54. The van der Waals surface area contributed by atoms with E-state index in [9.17, 15) is 25.5 Å². The van der Waals surface area contributed by atoms with E-state index in [2.05, 4.69) is 6.07 Å². The zero-order chi connectivity index (χ0) is 24.6. The predicted octanol–water partition coefficient (Wildman–Crippen LogP) is 1.96. The summed E-state index contributed by atoms with van der Waals surface area (Å²) in [5, 5.41) is 39.2. The molecule has 4 N–H and O–H groups in total. The molecule has 1 aliphatic heterocycles. The molecule has 0 fully saturated rings. The normalized spacial score (nSPS) is 15.4. The maximum atomic E-state index is 13.5. The average Bonchev–Trinajstić information content (AvgIpc) is 3.12. The van der Waals surface area contributed by atoms with E-state index in [1.165, 1.54) is 32.4 Å². The molecule has 2 aromatic carbocycles. The van der Waals surface area contributed by atoms with Gasteiger partial charge in [0.15, 0.2) is 28.7 Å². The van der Waals surface area contributed by atoms with E-state index < -0.39 is 11.2 Å². The second kappa shape index (κ2) is 8.77. The number of nitriles is 2. The van der Waals surface area contributed by atoms with Crippen LogP contribution in [-0.4, -0.2) is 34.9 Å². The van der Waals surface area contributed by atoms with Crippen LogP contribution in [0.5, 0.6) is 23.0 Å². The molecule has 9 nitrogen and oxygen atoms in total. The van der Waals surface area contributed by atoms with Crippen molar-refractivity contribution in [1.82, 2.24) is 4.57 Å². The van der Waals surface area contributed by atoms with E-state index in [0.29, 0.717) is 16.3 Å². The van der Waals surface area contributed by atoms with Crippen molar-refractivity contribution in [1.29, 1.82) is 10.5 Å². The first-order valence-electron chi connectivity index (χ1n) is 9.85. The van der Waals surface area contributed by atoms with Gasteiger partial charge in [-0.05, 0) is 41.5 Å². The number of fused-ring (bicyclic) bond motifs is 1. The fraction of sp³-hybridized carbons (Fsp3) is 0.125. The van der Waals surface area contributed by atoms with Gasteiger partial charge in [-0.3, -0.25) is 9.36 Å². The van der Waals surface area contributed by atoms with Crippen molar-refractivity contribution in [3.05, 3.63) is 63.8 Å². The average molecular weight is 474 g/mol. The Morgan fingerprint density at radius 2 is 1.71 bits per heavy atom. The third-order valence-corrected chi connectivity index (χ3v) is 6.60. The lowest BCUT2D eigenvalue weighted by Crippen LogP contribution is -2.40. The van der Waals surface area contributed by atoms with Crippen molar-refractivity contribution < 1.29 is 24.5 Å². The first kappa shape index (κ1) is 22.6. The highest BCUT2D eigenvalue weighted by Gasteiger charge is 2.34. The van der Waals surface area contributed by atoms with Crippen molar-refractivity contribution >= 4 is 34.3 Å². The predicted molar refractivity (Wildman–Crippen MR) is 126 cm³/mol. The number of carbonyl (C=O) groups is 1. The van der Waals surface area contributed by atoms with Crippen LogP contribution in [0.3, 0.4) is 0 Å². The Bertz CT molecular complexity index is 1550. The molecule has 1 unspecified atom stereocenters. The van der Waals surface area contributed by atoms with Gasteiger partial charge in [-0.2, -0.15) is 10.5 Å². The molecule has 0 bridgehead atoms. The molecule has 170 valence electrons. The van der Waals surface area contributed by atoms with Crippen LogP contribution in [0.2, 0.25) is 0 Å². The highest BCUT2D eigenvalue weighted by molar-refractivity contribution is 8.09. The number of nitrogens with two attached hydrogens (primary N) is 1. The minimum absolute atomic E-state index is 0.0496. The summed E-state index contributed by atoms with van der Waals surface area (Å²) in [5.74, 6) is -0.187. The Morgan fingerprint density at radius 1 is 1.06 bits per heavy atom. The molecule has 2 heterocycles. The second-order valence-corrected chi connectivity index (χ2v) is 8.37. The number of aromatic hydroxyl groups is 2. The van der Waals surface area contributed by atoms with Gasteiger partial charge in [-0.25, -0.2) is 0 Å². The Kier molecular flexibility index (Phi) is 5.84. The van der Waals surface area contributed by atoms with Gasteiger partial charge in [0.05, 0.1) is 25.3 Å². The molecule has 1 atom stereocenters. The van der Waals surface area contributed by atoms with Crippen LogP contribution < -0.4 is 25.8 Å². The van der Waals surface area contributed by atoms with E-state index in [1.807, 2.05) is 6.07 Å². The molecule has 4 rings (SSSR count). The monoisotopic (exact) mass is 474 g/mol. The summed E-state index contributed by atoms with van der Waals surface area (Å²) in [5.41, 5.74) is 7.32. The number of nitrogen functional groups attached to an aromatic ring is 1. The van der Waals surface area contributed by atoms with Crippen LogP contribution in [0.1, 0.15) is 26.9 Å². The van der Waals surface area contributed by atoms with Gasteiger partial charge in [-0.15, -0.1) is 0 Å². The first-order chi connectivity index (χ1) is 16.3. The zero-order valence-corrected chi connectivity index (χ0v) is 18.9. The lowest BCUT2D eigenvalue weighted by atomic mass is 10.1. The SMILES string of the molecule is COc1cc(C=c2c(N)c(C#N)n3c2=C(C#N)SC(c2ccc(O)c(OC)c2)C3=O)ccc1O. The molecule has 1 aliphatic rings. The number of anilines is 1. The molecule has 3 aromatic rings. The number of nitrogens with zero attached hydrogens (tertiary/aromatic N) is 3. The number of carbonyl (C=O) groups excluding carboxylic acids is 1. The summed E-state index contributed by atoms with van der Waals surface area (Å²) in [7, 11) is 2.80. The quantitative estimate of drug-likeness (QED) is 0.515. The van der Waals surface area contributed by atoms with E-state index in [4.69, 9.17) is 15.2 Å². The standard InChI is InChI=1S/C24H18N4O5S/c1-32-18-8-12(3-5-16(18)29)7-14-21(27)15(10-25)28-22(14)20(11-26)34-23(24(28)31)13-4-6-17(30)19(9-13)33-2/h3-9,23,29-30H,27H2,1-2H3. The molecule has 0 saturated heterocycles. The van der Waals surface area contributed by atoms with Crippen LogP contribution >= 0.6 is 11.8 Å². The zero-order valence-electron chi connectivity index (χ0n) is 18.1. The fourth-order valence-corrected chi connectivity index (χ4v) is 4.84. The molecular weight excluding hydrogens is 456 g/mol. The van der Waals surface area contributed by atoms with Gasteiger partial charge in [0.25, 0.3) is 0 Å². The molecule has 0 radical (unpaired) electrons. The third kappa shape index (κ3) is 3.56. The number of phenolic OH excluding ortho intramolecular Hbond substituents is 2. The largest absolute Gasteiger partial charge is 0.504 e. The summed E-state index contributed by atoms with van der Waals surface area (Å²) in [6, 6.07) is 13.2. The van der Waals surface area contributed by atoms with Crippen LogP contribution in [0.4, 0.5) is 5.69 Å². The summed E-state index contributed by atoms with van der Waals surface area (Å²) in [4.78, 5) is 13.7. The summed E-state index contributed by atoms with van der Waals surface area (Å²) >= 11 is 1.03. The van der Waals surface area contributed by atoms with Crippen LogP contribution in [-0.2, 0) is 0 Å². The molecule has 0 amide bonds. The third-order valence-electron chi connectivity index (χ3n) is 5.37. The van der Waals surface area contributed by atoms with Crippen LogP contribution in [0.25, 0.3) is 11.0 Å². The van der Waals surface area contributed by atoms with Gasteiger partial charge >= 0.3 is 0 Å². The van der Waals surface area contributed by atoms with Crippen LogP contribution in [0, 0.1) is 22.7 Å². The molecule has 0 saturated carbocycles. The molecular formula is C24H18N4O5S. The van der Waals surface area contributed by atoms with E-state index in [1.54, 1.807) is 24.3 Å². The first-order valence-corrected chi connectivity index (χ1v) is 10.7. The summed E-state index contributed by atoms with van der Waals surface area (Å²) in [6.45, 7) is 0. The molecule has 10 heteroatoms. The Morgan fingerprint density at radius 3 is 2.32 bits per heavy atom. The van der Waals surface area contributed by atoms with Crippen molar-refractivity contribution in [2.24, 2.45) is 0 Å². The number of hydrogen-bond donors (Lipinski definition) is 3. The highest BCUT2D eigenvalue weighted by Crippen LogP contribution is 2.41. The number of aromatic nitrogens is 1. The summed E-state index contributed by atoms with van der Waals surface area (Å²) < 4.78 is 11.4. The van der Waals surface area contributed by atoms with Gasteiger partial charge in [-0.1, -0.05) is 23.9 Å². The van der Waals surface area contributed by atoms with Crippen molar-refractivity contribution in [3.63, 3.8) is 0 Å². The fourth-order valence-electron chi connectivity index (χ4n) is 3.75. The summed E-state index contributed by atoms with van der Waals surface area (Å²) in [6.07, 6.45) is 1.62.